The van der Waals surface area contributed by atoms with E-state index >= 15 is 0 Å². The molecule has 0 aliphatic carbocycles. The predicted molar refractivity (Wildman–Crippen MR) is 65.9 cm³/mol. The van der Waals surface area contributed by atoms with Crippen LogP contribution in [0.1, 0.15) is 15.9 Å². The number of benzene rings is 1. The van der Waals surface area contributed by atoms with Crippen LogP contribution < -0.4 is 0 Å². The van der Waals surface area contributed by atoms with Crippen molar-refractivity contribution in [3.8, 4) is 0 Å². The van der Waals surface area contributed by atoms with Gasteiger partial charge in [-0.3, -0.25) is 4.79 Å². The monoisotopic (exact) mass is 337 g/mol. The summed E-state index contributed by atoms with van der Waals surface area (Å²) in [5, 5.41) is 0. The molecule has 0 bridgehead atoms. The normalized spacial score (nSPS) is 16.5. The molecule has 0 saturated carbocycles. The van der Waals surface area contributed by atoms with E-state index in [1.165, 1.54) is 17.0 Å². The SMILES string of the molecule is O=C(c1ccc(Br)c(C(F)(F)F)c1)N1CCOCC1. The molecular formula is C12H11BrF3NO2. The molecule has 1 saturated heterocycles. The number of nitrogens with zero attached hydrogens (tertiary/aromatic N) is 1. The minimum Gasteiger partial charge on any atom is -0.378 e. The lowest BCUT2D eigenvalue weighted by molar-refractivity contribution is -0.138. The highest BCUT2D eigenvalue weighted by molar-refractivity contribution is 9.10. The van der Waals surface area contributed by atoms with Crippen molar-refractivity contribution < 1.29 is 22.7 Å². The number of amides is 1. The van der Waals surface area contributed by atoms with Crippen LogP contribution in [0.25, 0.3) is 0 Å². The molecular weight excluding hydrogens is 327 g/mol. The molecule has 0 aromatic heterocycles. The molecule has 0 unspecified atom stereocenters. The van der Waals surface area contributed by atoms with Crippen LogP contribution in [-0.2, 0) is 10.9 Å². The quantitative estimate of drug-likeness (QED) is 0.788. The molecule has 1 aromatic carbocycles. The first kappa shape index (κ1) is 14.3. The van der Waals surface area contributed by atoms with E-state index in [2.05, 4.69) is 15.9 Å². The molecule has 2 rings (SSSR count). The first-order valence-corrected chi connectivity index (χ1v) is 6.42. The molecule has 1 amide bonds. The molecule has 0 N–H and O–H groups in total. The third-order valence-electron chi connectivity index (χ3n) is 2.82. The fourth-order valence-corrected chi connectivity index (χ4v) is 2.30. The molecule has 0 spiro atoms. The highest BCUT2D eigenvalue weighted by atomic mass is 79.9. The van der Waals surface area contributed by atoms with Crippen molar-refractivity contribution in [2.45, 2.75) is 6.18 Å². The number of hydrogen-bond acceptors (Lipinski definition) is 2. The zero-order valence-electron chi connectivity index (χ0n) is 9.84. The maximum atomic E-state index is 12.8. The molecule has 0 atom stereocenters. The van der Waals surface area contributed by atoms with Gasteiger partial charge in [-0.15, -0.1) is 0 Å². The molecule has 1 fully saturated rings. The van der Waals surface area contributed by atoms with Crippen LogP contribution >= 0.6 is 15.9 Å². The van der Waals surface area contributed by atoms with Gasteiger partial charge in [-0.25, -0.2) is 0 Å². The lowest BCUT2D eigenvalue weighted by atomic mass is 10.1. The molecule has 1 aliphatic heterocycles. The van der Waals surface area contributed by atoms with Gasteiger partial charge in [-0.05, 0) is 18.2 Å². The molecule has 104 valence electrons. The molecule has 7 heteroatoms. The van der Waals surface area contributed by atoms with E-state index in [1.54, 1.807) is 0 Å². The number of alkyl halides is 3. The summed E-state index contributed by atoms with van der Waals surface area (Å²) in [7, 11) is 0. The van der Waals surface area contributed by atoms with Crippen molar-refractivity contribution in [2.24, 2.45) is 0 Å². The van der Waals surface area contributed by atoms with Crippen molar-refractivity contribution in [1.82, 2.24) is 4.90 Å². The Labute approximate surface area is 116 Å². The first-order chi connectivity index (χ1) is 8.89. The Hall–Kier alpha value is -1.08. The summed E-state index contributed by atoms with van der Waals surface area (Å²) in [4.78, 5) is 13.6. The number of carbonyl (C=O) groups excluding carboxylic acids is 1. The van der Waals surface area contributed by atoms with Gasteiger partial charge in [0.25, 0.3) is 5.91 Å². The highest BCUT2D eigenvalue weighted by Gasteiger charge is 2.34. The molecule has 1 aromatic rings. The predicted octanol–water partition coefficient (Wildman–Crippen LogP) is 2.94. The Balaban J connectivity index is 2.27. The van der Waals surface area contributed by atoms with Gasteiger partial charge in [0.2, 0.25) is 0 Å². The Morgan fingerprint density at radius 2 is 1.89 bits per heavy atom. The van der Waals surface area contributed by atoms with Crippen molar-refractivity contribution in [1.29, 1.82) is 0 Å². The summed E-state index contributed by atoms with van der Waals surface area (Å²) in [6, 6.07) is 3.51. The van der Waals surface area contributed by atoms with Crippen LogP contribution in [0.5, 0.6) is 0 Å². The maximum Gasteiger partial charge on any atom is 0.417 e. The van der Waals surface area contributed by atoms with Crippen molar-refractivity contribution in [2.75, 3.05) is 26.3 Å². The summed E-state index contributed by atoms with van der Waals surface area (Å²) in [6.07, 6.45) is -4.49. The van der Waals surface area contributed by atoms with Gasteiger partial charge in [0.15, 0.2) is 0 Å². The average Bonchev–Trinajstić information content (AvgIpc) is 2.38. The summed E-state index contributed by atoms with van der Waals surface area (Å²) in [6.45, 7) is 1.62. The van der Waals surface area contributed by atoms with Gasteiger partial charge in [-0.1, -0.05) is 15.9 Å². The van der Waals surface area contributed by atoms with E-state index in [0.717, 1.165) is 6.07 Å². The Bertz CT molecular complexity index is 484. The number of rotatable bonds is 1. The van der Waals surface area contributed by atoms with Crippen LogP contribution in [0, 0.1) is 0 Å². The Morgan fingerprint density at radius 1 is 1.26 bits per heavy atom. The first-order valence-electron chi connectivity index (χ1n) is 5.63. The van der Waals surface area contributed by atoms with Gasteiger partial charge in [0.1, 0.15) is 0 Å². The smallest absolute Gasteiger partial charge is 0.378 e. The number of hydrogen-bond donors (Lipinski definition) is 0. The van der Waals surface area contributed by atoms with Crippen molar-refractivity contribution >= 4 is 21.8 Å². The van der Waals surface area contributed by atoms with Gasteiger partial charge >= 0.3 is 6.18 Å². The fourth-order valence-electron chi connectivity index (χ4n) is 1.82. The fraction of sp³-hybridized carbons (Fsp3) is 0.417. The van der Waals surface area contributed by atoms with E-state index in [9.17, 15) is 18.0 Å². The lowest BCUT2D eigenvalue weighted by Crippen LogP contribution is -2.40. The van der Waals surface area contributed by atoms with Gasteiger partial charge in [0.05, 0.1) is 18.8 Å². The standard InChI is InChI=1S/C12H11BrF3NO2/c13-10-2-1-8(7-9(10)12(14,15)16)11(18)17-3-5-19-6-4-17/h1-2,7H,3-6H2. The zero-order valence-corrected chi connectivity index (χ0v) is 11.4. The molecule has 19 heavy (non-hydrogen) atoms. The number of morpholine rings is 1. The maximum absolute atomic E-state index is 12.8. The van der Waals surface area contributed by atoms with Crippen LogP contribution in [-0.4, -0.2) is 37.1 Å². The lowest BCUT2D eigenvalue weighted by Gasteiger charge is -2.27. The van der Waals surface area contributed by atoms with E-state index < -0.39 is 17.6 Å². The van der Waals surface area contributed by atoms with Crippen LogP contribution in [0.3, 0.4) is 0 Å². The summed E-state index contributed by atoms with van der Waals surface area (Å²) in [5.41, 5.74) is -0.802. The molecule has 0 radical (unpaired) electrons. The summed E-state index contributed by atoms with van der Waals surface area (Å²) >= 11 is 2.85. The van der Waals surface area contributed by atoms with Crippen LogP contribution in [0.15, 0.2) is 22.7 Å². The van der Waals surface area contributed by atoms with Crippen LogP contribution in [0.2, 0.25) is 0 Å². The van der Waals surface area contributed by atoms with Crippen LogP contribution in [0.4, 0.5) is 13.2 Å². The Morgan fingerprint density at radius 3 is 2.47 bits per heavy atom. The number of ether oxygens (including phenoxy) is 1. The van der Waals surface area contributed by atoms with E-state index in [-0.39, 0.29) is 10.0 Å². The third-order valence-corrected chi connectivity index (χ3v) is 3.51. The second-order valence-corrected chi connectivity index (χ2v) is 4.95. The minimum absolute atomic E-state index is 0.0393. The number of carbonyl (C=O) groups is 1. The number of halogens is 4. The Kier molecular flexibility index (Phi) is 4.15. The second kappa shape index (κ2) is 5.50. The second-order valence-electron chi connectivity index (χ2n) is 4.10. The molecule has 3 nitrogen and oxygen atoms in total. The van der Waals surface area contributed by atoms with Gasteiger partial charge < -0.3 is 9.64 Å². The topological polar surface area (TPSA) is 29.5 Å². The average molecular weight is 338 g/mol. The third kappa shape index (κ3) is 3.27. The summed E-state index contributed by atoms with van der Waals surface area (Å²) < 4.78 is 43.3. The molecule has 1 heterocycles. The van der Waals surface area contributed by atoms with Crippen molar-refractivity contribution in [3.05, 3.63) is 33.8 Å². The highest BCUT2D eigenvalue weighted by Crippen LogP contribution is 2.35. The van der Waals surface area contributed by atoms with Gasteiger partial charge in [0, 0.05) is 23.1 Å². The molecule has 1 aliphatic rings. The summed E-state index contributed by atoms with van der Waals surface area (Å²) in [5.74, 6) is -0.402. The largest absolute Gasteiger partial charge is 0.417 e. The van der Waals surface area contributed by atoms with Crippen molar-refractivity contribution in [3.63, 3.8) is 0 Å². The zero-order chi connectivity index (χ0) is 14.0. The van der Waals surface area contributed by atoms with E-state index in [4.69, 9.17) is 4.74 Å². The van der Waals surface area contributed by atoms with E-state index in [0.29, 0.717) is 26.3 Å². The minimum atomic E-state index is -4.49. The van der Waals surface area contributed by atoms with Gasteiger partial charge in [-0.2, -0.15) is 13.2 Å². The van der Waals surface area contributed by atoms with E-state index in [1.807, 2.05) is 0 Å².